The van der Waals surface area contributed by atoms with Crippen LogP contribution in [-0.2, 0) is 9.59 Å². The summed E-state index contributed by atoms with van der Waals surface area (Å²) < 4.78 is 0. The number of aliphatic imine (C=N–C) groups is 1. The topological polar surface area (TPSA) is 71.5 Å². The zero-order chi connectivity index (χ0) is 19.9. The lowest BCUT2D eigenvalue weighted by molar-refractivity contribution is -0.135. The van der Waals surface area contributed by atoms with Gasteiger partial charge < -0.3 is 20.0 Å². The molecule has 3 heterocycles. The molecule has 0 aromatic carbocycles. The predicted molar refractivity (Wildman–Crippen MR) is 126 cm³/mol. The van der Waals surface area contributed by atoms with Gasteiger partial charge in [-0.1, -0.05) is 0 Å². The summed E-state index contributed by atoms with van der Waals surface area (Å²) >= 11 is 0. The van der Waals surface area contributed by atoms with Gasteiger partial charge in [-0.05, 0) is 39.5 Å². The van der Waals surface area contributed by atoms with Crippen LogP contribution >= 0.6 is 24.0 Å². The Morgan fingerprint density at radius 3 is 1.97 bits per heavy atom. The van der Waals surface area contributed by atoms with Gasteiger partial charge in [0.15, 0.2) is 5.96 Å². The third-order valence-corrected chi connectivity index (χ3v) is 6.09. The maximum absolute atomic E-state index is 12.7. The zero-order valence-corrected chi connectivity index (χ0v) is 20.3. The Morgan fingerprint density at radius 2 is 1.41 bits per heavy atom. The molecule has 3 aliphatic rings. The summed E-state index contributed by atoms with van der Waals surface area (Å²) in [6, 6.07) is -0.0588. The van der Waals surface area contributed by atoms with Crippen molar-refractivity contribution in [1.29, 1.82) is 0 Å². The van der Waals surface area contributed by atoms with Gasteiger partial charge in [-0.15, -0.1) is 24.0 Å². The van der Waals surface area contributed by atoms with Gasteiger partial charge >= 0.3 is 0 Å². The summed E-state index contributed by atoms with van der Waals surface area (Å²) in [5, 5.41) is 3.32. The number of carbonyl (C=O) groups is 2. The Bertz CT molecular complexity index is 567. The highest BCUT2D eigenvalue weighted by Crippen LogP contribution is 2.14. The summed E-state index contributed by atoms with van der Waals surface area (Å²) in [5.74, 6) is 1.20. The van der Waals surface area contributed by atoms with E-state index in [4.69, 9.17) is 0 Å². The van der Waals surface area contributed by atoms with E-state index in [1.54, 1.807) is 0 Å². The predicted octanol–water partition coefficient (Wildman–Crippen LogP) is 0.821. The van der Waals surface area contributed by atoms with Gasteiger partial charge in [0.2, 0.25) is 11.8 Å². The van der Waals surface area contributed by atoms with Gasteiger partial charge in [0.25, 0.3) is 0 Å². The molecule has 0 bridgehead atoms. The first-order valence-electron chi connectivity index (χ1n) is 10.9. The van der Waals surface area contributed by atoms with Gasteiger partial charge in [-0.2, -0.15) is 0 Å². The number of nitrogens with zero attached hydrogens (tertiary/aromatic N) is 5. The van der Waals surface area contributed by atoms with Crippen molar-refractivity contribution in [1.82, 2.24) is 24.9 Å². The highest BCUT2D eigenvalue weighted by molar-refractivity contribution is 14.0. The molecule has 3 saturated heterocycles. The van der Waals surface area contributed by atoms with Crippen molar-refractivity contribution < 1.29 is 9.59 Å². The normalized spacial score (nSPS) is 21.9. The number of rotatable bonds is 5. The number of hydrogen-bond acceptors (Lipinski definition) is 4. The maximum atomic E-state index is 12.7. The largest absolute Gasteiger partial charge is 0.357 e. The average Bonchev–Trinajstić information content (AvgIpc) is 3.44. The number of guanidine groups is 1. The Kier molecular flexibility index (Phi) is 9.94. The number of hydrogen-bond donors (Lipinski definition) is 1. The molecule has 0 spiro atoms. The molecular weight excluding hydrogens is 483 g/mol. The van der Waals surface area contributed by atoms with Crippen molar-refractivity contribution in [3.63, 3.8) is 0 Å². The molecule has 3 rings (SSSR count). The maximum Gasteiger partial charge on any atom is 0.244 e. The van der Waals surface area contributed by atoms with Gasteiger partial charge in [0.1, 0.15) is 6.54 Å². The van der Waals surface area contributed by atoms with Gasteiger partial charge in [-0.25, -0.2) is 4.99 Å². The van der Waals surface area contributed by atoms with E-state index in [1.165, 1.54) is 0 Å². The van der Waals surface area contributed by atoms with Crippen LogP contribution in [-0.4, -0.2) is 109 Å². The molecule has 9 heteroatoms. The average molecular weight is 520 g/mol. The zero-order valence-electron chi connectivity index (χ0n) is 17.9. The van der Waals surface area contributed by atoms with Crippen molar-refractivity contribution in [2.24, 2.45) is 4.99 Å². The second-order valence-corrected chi connectivity index (χ2v) is 7.99. The molecule has 1 atom stereocenters. The number of halogens is 1. The molecule has 2 amide bonds. The number of likely N-dealkylation sites (tertiary alicyclic amines) is 2. The van der Waals surface area contributed by atoms with E-state index < -0.39 is 0 Å². The summed E-state index contributed by atoms with van der Waals surface area (Å²) in [6.45, 7) is 11.9. The highest BCUT2D eigenvalue weighted by atomic mass is 127. The summed E-state index contributed by atoms with van der Waals surface area (Å²) in [4.78, 5) is 38.0. The van der Waals surface area contributed by atoms with E-state index >= 15 is 0 Å². The van der Waals surface area contributed by atoms with Crippen LogP contribution in [0.3, 0.4) is 0 Å². The number of piperazine rings is 1. The second-order valence-electron chi connectivity index (χ2n) is 7.99. The highest BCUT2D eigenvalue weighted by Gasteiger charge is 2.30. The molecule has 0 aliphatic carbocycles. The lowest BCUT2D eigenvalue weighted by Gasteiger charge is -2.39. The Labute approximate surface area is 192 Å². The van der Waals surface area contributed by atoms with E-state index in [1.807, 2.05) is 23.6 Å². The van der Waals surface area contributed by atoms with Crippen molar-refractivity contribution in [2.45, 2.75) is 45.6 Å². The molecule has 29 heavy (non-hydrogen) atoms. The standard InChI is InChI=1S/C20H36N6O2.HI/c1-3-21-20(22-16-18(27)24-8-4-5-9-24)26-14-12-23(13-15-26)17(2)19(28)25-10-6-7-11-25;/h17H,3-16H2,1-2H3,(H,21,22);1H. The lowest BCUT2D eigenvalue weighted by atomic mass is 10.2. The molecule has 1 unspecified atom stereocenters. The van der Waals surface area contributed by atoms with Crippen molar-refractivity contribution >= 4 is 41.8 Å². The number of amides is 2. The minimum absolute atomic E-state index is 0. The van der Waals surface area contributed by atoms with Crippen LogP contribution in [0.4, 0.5) is 0 Å². The molecule has 0 aromatic rings. The Balaban J connectivity index is 0.00000300. The quantitative estimate of drug-likeness (QED) is 0.330. The van der Waals surface area contributed by atoms with Crippen LogP contribution in [0.1, 0.15) is 39.5 Å². The molecule has 0 aromatic heterocycles. The van der Waals surface area contributed by atoms with Gasteiger partial charge in [-0.3, -0.25) is 14.5 Å². The Morgan fingerprint density at radius 1 is 0.862 bits per heavy atom. The van der Waals surface area contributed by atoms with Crippen LogP contribution in [0.5, 0.6) is 0 Å². The van der Waals surface area contributed by atoms with Crippen molar-refractivity contribution in [2.75, 3.05) is 65.4 Å². The first-order valence-corrected chi connectivity index (χ1v) is 10.9. The molecular formula is C20H37IN6O2. The van der Waals surface area contributed by atoms with Gasteiger partial charge in [0.05, 0.1) is 6.04 Å². The summed E-state index contributed by atoms with van der Waals surface area (Å²) in [6.07, 6.45) is 4.47. The first kappa shape index (κ1) is 24.2. The molecule has 8 nitrogen and oxygen atoms in total. The molecule has 1 N–H and O–H groups in total. The third kappa shape index (κ3) is 6.44. The molecule has 166 valence electrons. The van der Waals surface area contributed by atoms with E-state index in [0.29, 0.717) is 0 Å². The fourth-order valence-corrected chi connectivity index (χ4v) is 4.31. The molecule has 0 saturated carbocycles. The van der Waals surface area contributed by atoms with E-state index in [9.17, 15) is 9.59 Å². The minimum Gasteiger partial charge on any atom is -0.357 e. The van der Waals surface area contributed by atoms with Crippen LogP contribution in [0.2, 0.25) is 0 Å². The van der Waals surface area contributed by atoms with Gasteiger partial charge in [0, 0.05) is 58.9 Å². The van der Waals surface area contributed by atoms with Crippen LogP contribution in [0, 0.1) is 0 Å². The van der Waals surface area contributed by atoms with Crippen LogP contribution < -0.4 is 5.32 Å². The van der Waals surface area contributed by atoms with Crippen molar-refractivity contribution in [3.05, 3.63) is 0 Å². The lowest BCUT2D eigenvalue weighted by Crippen LogP contribution is -2.57. The first-order chi connectivity index (χ1) is 13.6. The molecule has 0 radical (unpaired) electrons. The summed E-state index contributed by atoms with van der Waals surface area (Å²) in [7, 11) is 0. The minimum atomic E-state index is -0.0588. The second kappa shape index (κ2) is 11.9. The monoisotopic (exact) mass is 520 g/mol. The van der Waals surface area contributed by atoms with Crippen LogP contribution in [0.15, 0.2) is 4.99 Å². The Hall–Kier alpha value is -1.10. The number of nitrogens with one attached hydrogen (secondary N) is 1. The SMILES string of the molecule is CCNC(=NCC(=O)N1CCCC1)N1CCN(C(C)C(=O)N2CCCC2)CC1.I. The smallest absolute Gasteiger partial charge is 0.244 e. The van der Waals surface area contributed by atoms with Crippen LogP contribution in [0.25, 0.3) is 0 Å². The van der Waals surface area contributed by atoms with Crippen molar-refractivity contribution in [3.8, 4) is 0 Å². The molecule has 3 aliphatic heterocycles. The van der Waals surface area contributed by atoms with E-state index in [0.717, 1.165) is 90.5 Å². The fourth-order valence-electron chi connectivity index (χ4n) is 4.31. The summed E-state index contributed by atoms with van der Waals surface area (Å²) in [5.41, 5.74) is 0. The van der Waals surface area contributed by atoms with E-state index in [-0.39, 0.29) is 48.4 Å². The third-order valence-electron chi connectivity index (χ3n) is 6.09. The number of carbonyl (C=O) groups excluding carboxylic acids is 2. The van der Waals surface area contributed by atoms with E-state index in [2.05, 4.69) is 20.1 Å². The molecule has 3 fully saturated rings. The fraction of sp³-hybridized carbons (Fsp3) is 0.850.